The Kier molecular flexibility index (Phi) is 6.06. The quantitative estimate of drug-likeness (QED) is 0.813. The minimum atomic E-state index is -3.29. The van der Waals surface area contributed by atoms with Crippen LogP contribution in [0.3, 0.4) is 0 Å². The zero-order valence-corrected chi connectivity index (χ0v) is 15.8. The smallest absolute Gasteiger partial charge is 0.209 e. The van der Waals surface area contributed by atoms with Gasteiger partial charge in [-0.25, -0.2) is 13.1 Å². The Morgan fingerprint density at radius 3 is 2.70 bits per heavy atom. The van der Waals surface area contributed by atoms with Gasteiger partial charge in [0.15, 0.2) is 0 Å². The lowest BCUT2D eigenvalue weighted by Gasteiger charge is -2.31. The Balaban J connectivity index is 1.61. The first-order valence-electron chi connectivity index (χ1n) is 8.59. The van der Waals surface area contributed by atoms with E-state index in [0.717, 1.165) is 23.9 Å². The fraction of sp³-hybridized carbons (Fsp3) is 0.368. The third-order valence-electron chi connectivity index (χ3n) is 4.37. The van der Waals surface area contributed by atoms with Crippen LogP contribution in [-0.2, 0) is 14.8 Å². The van der Waals surface area contributed by atoms with Gasteiger partial charge in [0.2, 0.25) is 10.0 Å². The molecule has 0 aliphatic carbocycles. The highest BCUT2D eigenvalue weighted by atomic mass is 32.2. The number of rotatable bonds is 6. The predicted molar refractivity (Wildman–Crippen MR) is 101 cm³/mol. The van der Waals surface area contributed by atoms with Crippen LogP contribution in [0.15, 0.2) is 42.6 Å². The van der Waals surface area contributed by atoms with Crippen LogP contribution in [0, 0.1) is 17.2 Å². The average molecular weight is 387 g/mol. The summed E-state index contributed by atoms with van der Waals surface area (Å²) >= 11 is 0. The summed E-state index contributed by atoms with van der Waals surface area (Å²) in [5.41, 5.74) is 2.23. The number of sulfonamides is 1. The third-order valence-corrected chi connectivity index (χ3v) is 5.10. The van der Waals surface area contributed by atoms with Gasteiger partial charge in [-0.05, 0) is 42.8 Å². The molecule has 1 fully saturated rings. The molecule has 1 saturated heterocycles. The molecule has 1 aliphatic heterocycles. The first kappa shape index (κ1) is 19.3. The number of nitriles is 1. The van der Waals surface area contributed by atoms with E-state index >= 15 is 0 Å². The topological polar surface area (TPSA) is 101 Å². The van der Waals surface area contributed by atoms with Gasteiger partial charge in [-0.15, -0.1) is 0 Å². The van der Waals surface area contributed by atoms with Gasteiger partial charge >= 0.3 is 0 Å². The molecule has 1 aromatic heterocycles. The summed E-state index contributed by atoms with van der Waals surface area (Å²) in [5, 5.41) is 8.83. The molecule has 0 unspecified atom stereocenters. The van der Waals surface area contributed by atoms with E-state index in [9.17, 15) is 8.42 Å². The molecule has 0 amide bonds. The van der Waals surface area contributed by atoms with Crippen molar-refractivity contribution >= 4 is 10.0 Å². The van der Waals surface area contributed by atoms with Crippen LogP contribution in [0.2, 0.25) is 0 Å². The Bertz CT molecular complexity index is 905. The first-order chi connectivity index (χ1) is 12.9. The lowest BCUT2D eigenvalue weighted by atomic mass is 9.97. The van der Waals surface area contributed by atoms with Gasteiger partial charge in [-0.2, -0.15) is 5.26 Å². The van der Waals surface area contributed by atoms with Gasteiger partial charge < -0.3 is 9.47 Å². The second kappa shape index (κ2) is 8.48. The molecule has 8 heteroatoms. The van der Waals surface area contributed by atoms with E-state index in [1.807, 2.05) is 30.3 Å². The summed E-state index contributed by atoms with van der Waals surface area (Å²) in [6.07, 6.45) is 3.43. The number of aromatic nitrogens is 1. The van der Waals surface area contributed by atoms with Crippen LogP contribution < -0.4 is 9.46 Å². The summed E-state index contributed by atoms with van der Waals surface area (Å²) in [5.74, 6) is 0.755. The molecule has 2 atom stereocenters. The van der Waals surface area contributed by atoms with Crippen LogP contribution in [0.5, 0.6) is 5.75 Å². The lowest BCUT2D eigenvalue weighted by Crippen LogP contribution is -2.48. The highest BCUT2D eigenvalue weighted by molar-refractivity contribution is 7.88. The number of pyridine rings is 1. The van der Waals surface area contributed by atoms with Crippen molar-refractivity contribution in [3.05, 3.63) is 48.2 Å². The lowest BCUT2D eigenvalue weighted by molar-refractivity contribution is 0.0275. The highest BCUT2D eigenvalue weighted by Gasteiger charge is 2.28. The Morgan fingerprint density at radius 1 is 1.30 bits per heavy atom. The molecule has 0 spiro atoms. The normalized spacial score (nSPS) is 20.0. The molecule has 0 saturated carbocycles. The summed E-state index contributed by atoms with van der Waals surface area (Å²) in [7, 11) is -3.29. The van der Waals surface area contributed by atoms with Crippen molar-refractivity contribution in [2.45, 2.75) is 12.5 Å². The van der Waals surface area contributed by atoms with Crippen molar-refractivity contribution in [3.8, 4) is 23.1 Å². The number of hydrogen-bond donors (Lipinski definition) is 1. The third kappa shape index (κ3) is 5.50. The largest absolute Gasteiger partial charge is 0.493 e. The van der Waals surface area contributed by atoms with Gasteiger partial charge in [0.05, 0.1) is 36.8 Å². The Labute approximate surface area is 159 Å². The molecular formula is C19H21N3O4S. The summed E-state index contributed by atoms with van der Waals surface area (Å²) < 4.78 is 36.9. The summed E-state index contributed by atoms with van der Waals surface area (Å²) in [6.45, 7) is 1.36. The van der Waals surface area contributed by atoms with Crippen LogP contribution >= 0.6 is 0 Å². The van der Waals surface area contributed by atoms with Gasteiger partial charge in [0.25, 0.3) is 0 Å². The summed E-state index contributed by atoms with van der Waals surface area (Å²) in [4.78, 5) is 4.27. The number of hydrogen-bond acceptors (Lipinski definition) is 6. The highest BCUT2D eigenvalue weighted by Crippen LogP contribution is 2.23. The monoisotopic (exact) mass is 387 g/mol. The minimum Gasteiger partial charge on any atom is -0.493 e. The molecule has 0 radical (unpaired) electrons. The molecule has 1 aliphatic rings. The van der Waals surface area contributed by atoms with E-state index in [1.165, 1.54) is 0 Å². The van der Waals surface area contributed by atoms with E-state index < -0.39 is 10.0 Å². The van der Waals surface area contributed by atoms with E-state index in [4.69, 9.17) is 14.7 Å². The fourth-order valence-electron chi connectivity index (χ4n) is 2.94. The predicted octanol–water partition coefficient (Wildman–Crippen LogP) is 1.95. The molecule has 2 aromatic rings. The summed E-state index contributed by atoms with van der Waals surface area (Å²) in [6, 6.07) is 12.8. The second-order valence-corrected chi connectivity index (χ2v) is 8.28. The zero-order chi connectivity index (χ0) is 19.3. The van der Waals surface area contributed by atoms with Gasteiger partial charge in [-0.1, -0.05) is 0 Å². The number of nitrogens with zero attached hydrogens (tertiary/aromatic N) is 2. The molecular weight excluding hydrogens is 366 g/mol. The van der Waals surface area contributed by atoms with E-state index in [2.05, 4.69) is 9.71 Å². The van der Waals surface area contributed by atoms with Crippen LogP contribution in [0.25, 0.3) is 11.3 Å². The standard InChI is InChI=1S/C19H21N3O4S/c1-27(23,24)22-19-13-25-9-8-16(19)12-26-17-5-3-15(4-6-17)18-7-2-14(10-20)11-21-18/h2-7,11,16,19,22H,8-9,12-13H2,1H3/t16-,19+/m1/s1. The number of nitrogens with one attached hydrogen (secondary N) is 1. The van der Waals surface area contributed by atoms with Crippen LogP contribution in [0.1, 0.15) is 12.0 Å². The second-order valence-electron chi connectivity index (χ2n) is 6.50. The minimum absolute atomic E-state index is 0.0494. The Morgan fingerprint density at radius 2 is 2.07 bits per heavy atom. The van der Waals surface area contributed by atoms with Crippen molar-refractivity contribution in [2.75, 3.05) is 26.1 Å². The zero-order valence-electron chi connectivity index (χ0n) is 15.0. The molecule has 27 heavy (non-hydrogen) atoms. The molecule has 0 bridgehead atoms. The average Bonchev–Trinajstić information content (AvgIpc) is 2.67. The van der Waals surface area contributed by atoms with Crippen LogP contribution in [-0.4, -0.2) is 45.5 Å². The van der Waals surface area contributed by atoms with Crippen molar-refractivity contribution in [3.63, 3.8) is 0 Å². The van der Waals surface area contributed by atoms with Crippen molar-refractivity contribution < 1.29 is 17.9 Å². The molecule has 142 valence electrons. The van der Waals surface area contributed by atoms with E-state index in [1.54, 1.807) is 18.3 Å². The van der Waals surface area contributed by atoms with Crippen molar-refractivity contribution in [2.24, 2.45) is 5.92 Å². The van der Waals surface area contributed by atoms with E-state index in [0.29, 0.717) is 31.1 Å². The van der Waals surface area contributed by atoms with Gasteiger partial charge in [0.1, 0.15) is 11.8 Å². The first-order valence-corrected chi connectivity index (χ1v) is 10.5. The maximum absolute atomic E-state index is 11.5. The maximum Gasteiger partial charge on any atom is 0.209 e. The molecule has 7 nitrogen and oxygen atoms in total. The number of ether oxygens (including phenoxy) is 2. The van der Waals surface area contributed by atoms with Crippen molar-refractivity contribution in [1.29, 1.82) is 5.26 Å². The Hall–Kier alpha value is -2.47. The number of benzene rings is 1. The molecule has 1 aromatic carbocycles. The van der Waals surface area contributed by atoms with Gasteiger partial charge in [0, 0.05) is 24.3 Å². The molecule has 3 rings (SSSR count). The molecule has 2 heterocycles. The maximum atomic E-state index is 11.5. The van der Waals surface area contributed by atoms with Gasteiger partial charge in [-0.3, -0.25) is 4.98 Å². The SMILES string of the molecule is CS(=O)(=O)N[C@H]1COCC[C@@H]1COc1ccc(-c2ccc(C#N)cn2)cc1. The fourth-order valence-corrected chi connectivity index (χ4v) is 3.75. The van der Waals surface area contributed by atoms with Crippen LogP contribution in [0.4, 0.5) is 0 Å². The molecule has 1 N–H and O–H groups in total. The van der Waals surface area contributed by atoms with E-state index in [-0.39, 0.29) is 12.0 Å². The van der Waals surface area contributed by atoms with Crippen molar-refractivity contribution in [1.82, 2.24) is 9.71 Å².